The highest BCUT2D eigenvalue weighted by Gasteiger charge is 2.11. The number of nitrogens with one attached hydrogen (secondary N) is 2. The normalized spacial score (nSPS) is 14.3. The molecule has 1 atom stereocenters. The fraction of sp³-hybridized carbons (Fsp3) is 0.429. The number of rotatable bonds is 6. The third kappa shape index (κ3) is 3.98. The molecule has 0 radical (unpaired) electrons. The van der Waals surface area contributed by atoms with E-state index in [9.17, 15) is 9.59 Å². The van der Waals surface area contributed by atoms with Gasteiger partial charge in [0, 0.05) is 18.7 Å². The maximum Gasteiger partial charge on any atom is 0.219 e. The van der Waals surface area contributed by atoms with Gasteiger partial charge in [0.2, 0.25) is 5.91 Å². The van der Waals surface area contributed by atoms with Crippen molar-refractivity contribution < 1.29 is 14.0 Å². The molecule has 1 aromatic heterocycles. The molecule has 5 heteroatoms. The SMILES string of the molecule is C/C=c1/c(NC(C=O)CCC(=O)NC)co/c1=C/C. The van der Waals surface area contributed by atoms with Gasteiger partial charge in [0.25, 0.3) is 0 Å². The van der Waals surface area contributed by atoms with Crippen molar-refractivity contribution in [2.75, 3.05) is 12.4 Å². The van der Waals surface area contributed by atoms with Crippen LogP contribution < -0.4 is 21.3 Å². The molecule has 1 aromatic rings. The minimum Gasteiger partial charge on any atom is -0.462 e. The molecule has 0 saturated heterocycles. The van der Waals surface area contributed by atoms with Crippen molar-refractivity contribution in [2.24, 2.45) is 0 Å². The van der Waals surface area contributed by atoms with Crippen LogP contribution in [0, 0.1) is 0 Å². The largest absolute Gasteiger partial charge is 0.462 e. The maximum atomic E-state index is 11.2. The Balaban J connectivity index is 2.80. The smallest absolute Gasteiger partial charge is 0.219 e. The zero-order valence-electron chi connectivity index (χ0n) is 11.5. The van der Waals surface area contributed by atoms with E-state index in [4.69, 9.17) is 4.42 Å². The third-order valence-electron chi connectivity index (χ3n) is 2.88. The summed E-state index contributed by atoms with van der Waals surface area (Å²) in [4.78, 5) is 22.2. The molecule has 0 aliphatic heterocycles. The van der Waals surface area contributed by atoms with Gasteiger partial charge in [-0.25, -0.2) is 0 Å². The van der Waals surface area contributed by atoms with Gasteiger partial charge in [-0.3, -0.25) is 4.79 Å². The fourth-order valence-corrected chi connectivity index (χ4v) is 1.80. The fourth-order valence-electron chi connectivity index (χ4n) is 1.80. The minimum absolute atomic E-state index is 0.0781. The van der Waals surface area contributed by atoms with Gasteiger partial charge in [0.15, 0.2) is 0 Å². The predicted molar refractivity (Wildman–Crippen MR) is 75.0 cm³/mol. The van der Waals surface area contributed by atoms with Gasteiger partial charge in [-0.1, -0.05) is 6.08 Å². The number of anilines is 1. The lowest BCUT2D eigenvalue weighted by Gasteiger charge is -2.11. The highest BCUT2D eigenvalue weighted by Crippen LogP contribution is 2.04. The number of aldehydes is 1. The van der Waals surface area contributed by atoms with Crippen molar-refractivity contribution in [3.05, 3.63) is 16.9 Å². The molecule has 1 rings (SSSR count). The Morgan fingerprint density at radius 3 is 2.68 bits per heavy atom. The average molecular weight is 264 g/mol. The lowest BCUT2D eigenvalue weighted by atomic mass is 10.1. The van der Waals surface area contributed by atoms with Crippen LogP contribution in [0.5, 0.6) is 0 Å². The zero-order chi connectivity index (χ0) is 14.3. The molecule has 0 aromatic carbocycles. The van der Waals surface area contributed by atoms with E-state index in [0.717, 1.165) is 22.6 Å². The number of amides is 1. The van der Waals surface area contributed by atoms with Crippen LogP contribution in [0.2, 0.25) is 0 Å². The number of hydrogen-bond acceptors (Lipinski definition) is 4. The number of furan rings is 1. The van der Waals surface area contributed by atoms with Crippen molar-refractivity contribution in [1.29, 1.82) is 0 Å². The Morgan fingerprint density at radius 1 is 1.42 bits per heavy atom. The molecule has 19 heavy (non-hydrogen) atoms. The lowest BCUT2D eigenvalue weighted by Crippen LogP contribution is -2.29. The Hall–Kier alpha value is -2.04. The van der Waals surface area contributed by atoms with E-state index in [1.807, 2.05) is 26.0 Å². The van der Waals surface area contributed by atoms with E-state index in [0.29, 0.717) is 12.8 Å². The summed E-state index contributed by atoms with van der Waals surface area (Å²) in [6, 6.07) is -0.404. The van der Waals surface area contributed by atoms with Gasteiger partial charge >= 0.3 is 0 Å². The first-order valence-electron chi connectivity index (χ1n) is 6.28. The van der Waals surface area contributed by atoms with Crippen molar-refractivity contribution >= 4 is 30.0 Å². The van der Waals surface area contributed by atoms with Gasteiger partial charge in [-0.2, -0.15) is 0 Å². The first kappa shape index (κ1) is 15.0. The molecule has 5 nitrogen and oxygen atoms in total. The van der Waals surface area contributed by atoms with Gasteiger partial charge in [-0.05, 0) is 26.3 Å². The van der Waals surface area contributed by atoms with Gasteiger partial charge in [0.05, 0.1) is 11.7 Å². The zero-order valence-corrected chi connectivity index (χ0v) is 11.5. The van der Waals surface area contributed by atoms with E-state index in [2.05, 4.69) is 10.6 Å². The molecule has 1 heterocycles. The highest BCUT2D eigenvalue weighted by molar-refractivity contribution is 5.76. The molecular weight excluding hydrogens is 244 g/mol. The molecule has 1 amide bonds. The molecule has 2 N–H and O–H groups in total. The summed E-state index contributed by atoms with van der Waals surface area (Å²) in [6.07, 6.45) is 6.93. The molecular formula is C14H20N2O3. The van der Waals surface area contributed by atoms with Crippen molar-refractivity contribution in [3.8, 4) is 0 Å². The van der Waals surface area contributed by atoms with E-state index in [-0.39, 0.29) is 5.91 Å². The summed E-state index contributed by atoms with van der Waals surface area (Å²) in [5.74, 6) is -0.0781. The highest BCUT2D eigenvalue weighted by atomic mass is 16.3. The van der Waals surface area contributed by atoms with E-state index in [1.54, 1.807) is 13.3 Å². The summed E-state index contributed by atoms with van der Waals surface area (Å²) in [6.45, 7) is 3.79. The average Bonchev–Trinajstić information content (AvgIpc) is 2.84. The van der Waals surface area contributed by atoms with Gasteiger partial charge < -0.3 is 19.8 Å². The second-order valence-electron chi connectivity index (χ2n) is 4.10. The third-order valence-corrected chi connectivity index (χ3v) is 2.88. The molecule has 0 aliphatic rings. The van der Waals surface area contributed by atoms with E-state index in [1.165, 1.54) is 0 Å². The van der Waals surface area contributed by atoms with Crippen LogP contribution in [0.1, 0.15) is 26.7 Å². The molecule has 104 valence electrons. The molecule has 0 saturated carbocycles. The summed E-state index contributed by atoms with van der Waals surface area (Å²) in [5, 5.41) is 6.55. The van der Waals surface area contributed by atoms with Gasteiger partial charge in [-0.15, -0.1) is 0 Å². The maximum absolute atomic E-state index is 11.2. The minimum atomic E-state index is -0.404. The van der Waals surface area contributed by atoms with Crippen LogP contribution in [0.4, 0.5) is 5.69 Å². The van der Waals surface area contributed by atoms with Crippen LogP contribution in [0.25, 0.3) is 12.2 Å². The van der Waals surface area contributed by atoms with Crippen LogP contribution >= 0.6 is 0 Å². The first-order valence-corrected chi connectivity index (χ1v) is 6.28. The molecule has 0 fully saturated rings. The standard InChI is InChI=1S/C14H20N2O3/c1-4-11-12(9-19-13(11)5-2)16-10(8-17)6-7-14(18)15-3/h4-5,8-10,16H,6-7H2,1-3H3,(H,15,18)/b11-4-,13-5+. The first-order chi connectivity index (χ1) is 9.15. The summed E-state index contributed by atoms with van der Waals surface area (Å²) in [5.41, 5.74) is 1.53. The second kappa shape index (κ2) is 7.41. The van der Waals surface area contributed by atoms with Crippen LogP contribution in [0.15, 0.2) is 10.7 Å². The Labute approximate surface area is 112 Å². The molecule has 0 spiro atoms. The Bertz CT molecular complexity index is 546. The lowest BCUT2D eigenvalue weighted by molar-refractivity contribution is -0.120. The number of carbonyl (C=O) groups excluding carboxylic acids is 2. The summed E-state index contributed by atoms with van der Waals surface area (Å²) < 4.78 is 5.38. The van der Waals surface area contributed by atoms with Crippen LogP contribution in [-0.4, -0.2) is 25.3 Å². The molecule has 0 aliphatic carbocycles. The summed E-state index contributed by atoms with van der Waals surface area (Å²) >= 11 is 0. The van der Waals surface area contributed by atoms with E-state index < -0.39 is 6.04 Å². The van der Waals surface area contributed by atoms with Crippen molar-refractivity contribution in [2.45, 2.75) is 32.7 Å². The Morgan fingerprint density at radius 2 is 2.16 bits per heavy atom. The molecule has 1 unspecified atom stereocenters. The topological polar surface area (TPSA) is 71.3 Å². The van der Waals surface area contributed by atoms with Crippen molar-refractivity contribution in [1.82, 2.24) is 5.32 Å². The number of hydrogen-bond donors (Lipinski definition) is 2. The Kier molecular flexibility index (Phi) is 5.85. The predicted octanol–water partition coefficient (Wildman–Crippen LogP) is 0.386. The van der Waals surface area contributed by atoms with Crippen LogP contribution in [0.3, 0.4) is 0 Å². The monoisotopic (exact) mass is 264 g/mol. The van der Waals surface area contributed by atoms with E-state index >= 15 is 0 Å². The van der Waals surface area contributed by atoms with Crippen molar-refractivity contribution in [3.63, 3.8) is 0 Å². The number of carbonyl (C=O) groups is 2. The second-order valence-corrected chi connectivity index (χ2v) is 4.10. The van der Waals surface area contributed by atoms with Gasteiger partial charge in [0.1, 0.15) is 18.0 Å². The molecule has 0 bridgehead atoms. The quantitative estimate of drug-likeness (QED) is 0.729. The van der Waals surface area contributed by atoms with Crippen LogP contribution in [-0.2, 0) is 9.59 Å². The summed E-state index contributed by atoms with van der Waals surface area (Å²) in [7, 11) is 1.58.